The van der Waals surface area contributed by atoms with Gasteiger partial charge in [0.15, 0.2) is 5.76 Å². The summed E-state index contributed by atoms with van der Waals surface area (Å²) in [5.74, 6) is 0.917. The smallest absolute Gasteiger partial charge is 0.270 e. The van der Waals surface area contributed by atoms with E-state index in [0.717, 1.165) is 0 Å². The molecule has 0 spiro atoms. The van der Waals surface area contributed by atoms with E-state index in [-0.39, 0.29) is 10.5 Å². The Morgan fingerprint density at radius 1 is 1.41 bits per heavy atom. The van der Waals surface area contributed by atoms with Crippen LogP contribution in [0, 0.1) is 14.9 Å². The highest BCUT2D eigenvalue weighted by atomic mass is 32.1. The fourth-order valence-electron chi connectivity index (χ4n) is 1.81. The molecule has 0 saturated carbocycles. The number of furan rings is 1. The molecule has 0 fully saturated rings. The monoisotopic (exact) mass is 315 g/mol. The van der Waals surface area contributed by atoms with Gasteiger partial charge in [0, 0.05) is 17.7 Å². The van der Waals surface area contributed by atoms with Crippen LogP contribution >= 0.6 is 12.2 Å². The number of hydrogen-bond acceptors (Lipinski definition) is 6. The maximum Gasteiger partial charge on any atom is 0.270 e. The van der Waals surface area contributed by atoms with Gasteiger partial charge in [-0.15, -0.1) is 5.10 Å². The predicted octanol–water partition coefficient (Wildman–Crippen LogP) is 2.99. The summed E-state index contributed by atoms with van der Waals surface area (Å²) in [6.07, 6.45) is 2.98. The van der Waals surface area contributed by atoms with Gasteiger partial charge in [0.05, 0.1) is 17.4 Å². The van der Waals surface area contributed by atoms with Crippen molar-refractivity contribution in [1.29, 1.82) is 0 Å². The van der Waals surface area contributed by atoms with Crippen LogP contribution in [0.1, 0.15) is 5.56 Å². The van der Waals surface area contributed by atoms with Crippen LogP contribution in [0.25, 0.3) is 11.6 Å². The average Bonchev–Trinajstić information content (AvgIpc) is 3.15. The molecule has 2 aromatic heterocycles. The van der Waals surface area contributed by atoms with Gasteiger partial charge in [-0.25, -0.2) is 5.10 Å². The summed E-state index contributed by atoms with van der Waals surface area (Å²) in [5.41, 5.74) is 0.564. The van der Waals surface area contributed by atoms with Gasteiger partial charge < -0.3 is 4.42 Å². The fraction of sp³-hybridized carbons (Fsp3) is 0. The van der Waals surface area contributed by atoms with E-state index in [1.54, 1.807) is 24.3 Å². The maximum absolute atomic E-state index is 10.8. The molecule has 0 atom stereocenters. The molecule has 0 aliphatic heterocycles. The normalized spacial score (nSPS) is 11.1. The van der Waals surface area contributed by atoms with Crippen LogP contribution in [0.4, 0.5) is 5.69 Å². The van der Waals surface area contributed by atoms with Crippen molar-refractivity contribution < 1.29 is 9.34 Å². The van der Waals surface area contributed by atoms with E-state index < -0.39 is 4.92 Å². The first-order chi connectivity index (χ1) is 10.6. The van der Waals surface area contributed by atoms with Gasteiger partial charge in [-0.2, -0.15) is 9.78 Å². The number of hydrogen-bond donors (Lipinski definition) is 1. The topological polar surface area (TPSA) is 102 Å². The van der Waals surface area contributed by atoms with Gasteiger partial charge in [-0.3, -0.25) is 10.1 Å². The lowest BCUT2D eigenvalue weighted by molar-refractivity contribution is -0.384. The zero-order valence-electron chi connectivity index (χ0n) is 11.0. The van der Waals surface area contributed by atoms with Crippen molar-refractivity contribution in [2.45, 2.75) is 0 Å². The Hall–Kier alpha value is -3.07. The number of aromatic amines is 1. The summed E-state index contributed by atoms with van der Waals surface area (Å²) < 4.78 is 6.93. The van der Waals surface area contributed by atoms with Gasteiger partial charge >= 0.3 is 0 Å². The summed E-state index contributed by atoms with van der Waals surface area (Å²) >= 11 is 5.11. The molecule has 0 radical (unpaired) electrons. The summed E-state index contributed by atoms with van der Waals surface area (Å²) in [6, 6.07) is 9.56. The van der Waals surface area contributed by atoms with Crippen molar-refractivity contribution >= 4 is 24.1 Å². The molecule has 0 aliphatic rings. The van der Waals surface area contributed by atoms with Crippen molar-refractivity contribution in [1.82, 2.24) is 14.9 Å². The minimum absolute atomic E-state index is 0.00833. The van der Waals surface area contributed by atoms with Gasteiger partial charge in [-0.05, 0) is 24.4 Å². The number of rotatable bonds is 4. The summed E-state index contributed by atoms with van der Waals surface area (Å²) in [7, 11) is 0. The van der Waals surface area contributed by atoms with Crippen LogP contribution in [-0.2, 0) is 0 Å². The highest BCUT2D eigenvalue weighted by Gasteiger charge is 2.10. The molecule has 3 aromatic rings. The minimum Gasteiger partial charge on any atom is -0.461 e. The Morgan fingerprint density at radius 3 is 3.00 bits per heavy atom. The van der Waals surface area contributed by atoms with E-state index in [1.807, 2.05) is 0 Å². The quantitative estimate of drug-likeness (QED) is 0.345. The van der Waals surface area contributed by atoms with Crippen LogP contribution in [0.2, 0.25) is 0 Å². The molecule has 0 amide bonds. The summed E-state index contributed by atoms with van der Waals surface area (Å²) in [4.78, 5) is 10.3. The molecular formula is C13H9N5O3S. The lowest BCUT2D eigenvalue weighted by Gasteiger charge is -1.97. The third-order valence-electron chi connectivity index (χ3n) is 2.80. The Bertz CT molecular complexity index is 895. The number of nitrogens with zero attached hydrogens (tertiary/aromatic N) is 4. The number of nitro groups is 1. The Morgan fingerprint density at radius 2 is 2.27 bits per heavy atom. The van der Waals surface area contributed by atoms with Crippen LogP contribution in [0.3, 0.4) is 0 Å². The Labute approximate surface area is 128 Å². The molecule has 2 heterocycles. The summed E-state index contributed by atoms with van der Waals surface area (Å²) in [5, 5.41) is 21.6. The van der Waals surface area contributed by atoms with Crippen molar-refractivity contribution in [2.75, 3.05) is 0 Å². The molecule has 3 rings (SSSR count). The van der Waals surface area contributed by atoms with Crippen LogP contribution in [0.15, 0.2) is 52.2 Å². The Balaban J connectivity index is 1.97. The first kappa shape index (κ1) is 13.9. The molecule has 0 aliphatic carbocycles. The van der Waals surface area contributed by atoms with E-state index in [9.17, 15) is 10.1 Å². The SMILES string of the molecule is O=[N+]([O-])c1cccc(C=Nn2c(-c3ccco3)n[nH]c2=S)c1. The molecule has 0 bridgehead atoms. The zero-order chi connectivity index (χ0) is 15.5. The number of H-pyrrole nitrogens is 1. The van der Waals surface area contributed by atoms with Gasteiger partial charge in [-0.1, -0.05) is 12.1 Å². The number of non-ortho nitro benzene ring substituents is 1. The predicted molar refractivity (Wildman–Crippen MR) is 81.2 cm³/mol. The van der Waals surface area contributed by atoms with Crippen LogP contribution in [0.5, 0.6) is 0 Å². The first-order valence-electron chi connectivity index (χ1n) is 6.15. The number of nitrogens with one attached hydrogen (secondary N) is 1. The van der Waals surface area contributed by atoms with Crippen LogP contribution < -0.4 is 0 Å². The minimum atomic E-state index is -0.463. The largest absolute Gasteiger partial charge is 0.461 e. The lowest BCUT2D eigenvalue weighted by Crippen LogP contribution is -1.95. The maximum atomic E-state index is 10.8. The average molecular weight is 315 g/mol. The molecule has 110 valence electrons. The van der Waals surface area contributed by atoms with Gasteiger partial charge in [0.2, 0.25) is 10.6 Å². The zero-order valence-corrected chi connectivity index (χ0v) is 11.9. The van der Waals surface area contributed by atoms with E-state index >= 15 is 0 Å². The molecule has 0 unspecified atom stereocenters. The molecule has 22 heavy (non-hydrogen) atoms. The molecule has 1 N–H and O–H groups in total. The summed E-state index contributed by atoms with van der Waals surface area (Å²) in [6.45, 7) is 0. The van der Waals surface area contributed by atoms with Crippen LogP contribution in [-0.4, -0.2) is 26.0 Å². The highest BCUT2D eigenvalue weighted by molar-refractivity contribution is 7.71. The second kappa shape index (κ2) is 5.74. The van der Waals surface area contributed by atoms with E-state index in [4.69, 9.17) is 16.6 Å². The Kier molecular flexibility index (Phi) is 3.62. The van der Waals surface area contributed by atoms with Gasteiger partial charge in [0.1, 0.15) is 0 Å². The number of aromatic nitrogens is 3. The second-order valence-electron chi connectivity index (χ2n) is 4.24. The first-order valence-corrected chi connectivity index (χ1v) is 6.56. The third kappa shape index (κ3) is 2.69. The van der Waals surface area contributed by atoms with E-state index in [2.05, 4.69) is 15.3 Å². The fourth-order valence-corrected chi connectivity index (χ4v) is 1.99. The van der Waals surface area contributed by atoms with Crippen molar-refractivity contribution in [2.24, 2.45) is 5.10 Å². The van der Waals surface area contributed by atoms with E-state index in [0.29, 0.717) is 17.1 Å². The van der Waals surface area contributed by atoms with Crippen molar-refractivity contribution in [3.63, 3.8) is 0 Å². The third-order valence-corrected chi connectivity index (χ3v) is 3.06. The number of benzene rings is 1. The van der Waals surface area contributed by atoms with Crippen molar-refractivity contribution in [3.8, 4) is 11.6 Å². The van der Waals surface area contributed by atoms with Crippen molar-refractivity contribution in [3.05, 3.63) is 63.1 Å². The molecule has 1 aromatic carbocycles. The van der Waals surface area contributed by atoms with E-state index in [1.165, 1.54) is 29.3 Å². The lowest BCUT2D eigenvalue weighted by atomic mass is 10.2. The molecule has 0 saturated heterocycles. The number of nitro benzene ring substituents is 1. The van der Waals surface area contributed by atoms with Gasteiger partial charge in [0.25, 0.3) is 5.69 Å². The molecule has 9 heteroatoms. The standard InChI is InChI=1S/C13H9N5O3S/c19-18(20)10-4-1-3-9(7-10)8-14-17-12(15-16-13(17)22)11-5-2-6-21-11/h1-8H,(H,16,22). The molecular weight excluding hydrogens is 306 g/mol. The molecule has 8 nitrogen and oxygen atoms in total. The second-order valence-corrected chi connectivity index (χ2v) is 4.62. The highest BCUT2D eigenvalue weighted by Crippen LogP contribution is 2.17.